The Bertz CT molecular complexity index is 1170. The highest BCUT2D eigenvalue weighted by atomic mass is 19.1. The minimum atomic E-state index is -0.323. The van der Waals surface area contributed by atoms with Gasteiger partial charge in [-0.1, -0.05) is 26.0 Å². The summed E-state index contributed by atoms with van der Waals surface area (Å²) in [4.78, 5) is 28.0. The van der Waals surface area contributed by atoms with E-state index in [4.69, 9.17) is 4.74 Å². The van der Waals surface area contributed by atoms with Crippen molar-refractivity contribution in [3.8, 4) is 11.4 Å². The average Bonchev–Trinajstić information content (AvgIpc) is 3.30. The molecule has 34 heavy (non-hydrogen) atoms. The molecule has 2 amide bonds. The number of nitrogens with one attached hydrogen (secondary N) is 1. The molecule has 0 aliphatic carbocycles. The molecule has 1 fully saturated rings. The zero-order valence-corrected chi connectivity index (χ0v) is 19.6. The van der Waals surface area contributed by atoms with Gasteiger partial charge in [0, 0.05) is 19.0 Å². The summed E-state index contributed by atoms with van der Waals surface area (Å²) in [5, 5.41) is 7.38. The van der Waals surface area contributed by atoms with Crippen LogP contribution in [0, 0.1) is 11.7 Å². The molecule has 1 aliphatic rings. The number of carbonyl (C=O) groups excluding carboxylic acids is 2. The van der Waals surface area contributed by atoms with Gasteiger partial charge >= 0.3 is 0 Å². The van der Waals surface area contributed by atoms with Crippen LogP contribution in [-0.2, 0) is 4.79 Å². The summed E-state index contributed by atoms with van der Waals surface area (Å²) in [6.07, 6.45) is 2.74. The van der Waals surface area contributed by atoms with E-state index in [1.807, 2.05) is 32.0 Å². The predicted octanol–water partition coefficient (Wildman–Crippen LogP) is 4.63. The second kappa shape index (κ2) is 10.1. The highest BCUT2D eigenvalue weighted by Gasteiger charge is 2.31. The Labute approximate surface area is 198 Å². The van der Waals surface area contributed by atoms with E-state index in [-0.39, 0.29) is 29.5 Å². The number of aromatic nitrogens is 2. The molecule has 0 radical (unpaired) electrons. The van der Waals surface area contributed by atoms with Gasteiger partial charge in [-0.15, -0.1) is 0 Å². The minimum absolute atomic E-state index is 0.0377. The number of benzene rings is 2. The molecule has 7 nitrogen and oxygen atoms in total. The SMILES string of the molecule is COc1ccccc1NC(=O)C1CCN(C(=O)c2cnn(-c3ccc(F)cc3)c2C(C)C)CC1. The number of para-hydroxylation sites is 2. The molecule has 1 saturated heterocycles. The summed E-state index contributed by atoms with van der Waals surface area (Å²) in [6, 6.07) is 13.4. The quantitative estimate of drug-likeness (QED) is 0.577. The number of anilines is 1. The molecule has 0 unspecified atom stereocenters. The molecule has 0 atom stereocenters. The Kier molecular flexibility index (Phi) is 6.95. The first kappa shape index (κ1) is 23.5. The zero-order valence-electron chi connectivity index (χ0n) is 19.6. The number of nitrogens with zero attached hydrogens (tertiary/aromatic N) is 3. The number of piperidine rings is 1. The van der Waals surface area contributed by atoms with Gasteiger partial charge in [-0.3, -0.25) is 9.59 Å². The van der Waals surface area contributed by atoms with Gasteiger partial charge in [0.1, 0.15) is 11.6 Å². The predicted molar refractivity (Wildman–Crippen MR) is 128 cm³/mol. The Morgan fingerprint density at radius 2 is 1.76 bits per heavy atom. The molecule has 4 rings (SSSR count). The molecule has 0 saturated carbocycles. The molecule has 1 aliphatic heterocycles. The number of rotatable bonds is 6. The maximum atomic E-state index is 13.4. The van der Waals surface area contributed by atoms with Crippen molar-refractivity contribution in [1.29, 1.82) is 0 Å². The summed E-state index contributed by atoms with van der Waals surface area (Å²) >= 11 is 0. The van der Waals surface area contributed by atoms with Gasteiger partial charge in [-0.2, -0.15) is 5.10 Å². The Hall–Kier alpha value is -3.68. The Balaban J connectivity index is 1.44. The van der Waals surface area contributed by atoms with E-state index in [1.54, 1.807) is 41.1 Å². The van der Waals surface area contributed by atoms with Crippen LogP contribution < -0.4 is 10.1 Å². The summed E-state index contributed by atoms with van der Waals surface area (Å²) < 4.78 is 20.4. The van der Waals surface area contributed by atoms with Crippen molar-refractivity contribution in [2.45, 2.75) is 32.6 Å². The molecular formula is C26H29FN4O3. The molecule has 178 valence electrons. The molecule has 0 spiro atoms. The smallest absolute Gasteiger partial charge is 0.257 e. The minimum Gasteiger partial charge on any atom is -0.495 e. The molecular weight excluding hydrogens is 435 g/mol. The lowest BCUT2D eigenvalue weighted by molar-refractivity contribution is -0.121. The fraction of sp³-hybridized carbons (Fsp3) is 0.346. The van der Waals surface area contributed by atoms with Crippen LogP contribution in [0.5, 0.6) is 5.75 Å². The second-order valence-corrected chi connectivity index (χ2v) is 8.74. The number of ether oxygens (including phenoxy) is 1. The lowest BCUT2D eigenvalue weighted by atomic mass is 9.95. The van der Waals surface area contributed by atoms with Gasteiger partial charge in [0.25, 0.3) is 5.91 Å². The van der Waals surface area contributed by atoms with Crippen molar-refractivity contribution in [3.63, 3.8) is 0 Å². The topological polar surface area (TPSA) is 76.5 Å². The Morgan fingerprint density at radius 3 is 2.41 bits per heavy atom. The van der Waals surface area contributed by atoms with Crippen molar-refractivity contribution in [2.24, 2.45) is 5.92 Å². The van der Waals surface area contributed by atoms with E-state index >= 15 is 0 Å². The maximum absolute atomic E-state index is 13.4. The maximum Gasteiger partial charge on any atom is 0.257 e. The standard InChI is InChI=1S/C26H29FN4O3/c1-17(2)24-21(16-28-31(24)20-10-8-19(27)9-11-20)26(33)30-14-12-18(13-15-30)25(32)29-22-6-4-5-7-23(22)34-3/h4-11,16-18H,12-15H2,1-3H3,(H,29,32). The van der Waals surface area contributed by atoms with Crippen LogP contribution in [0.15, 0.2) is 54.7 Å². The van der Waals surface area contributed by atoms with Crippen molar-refractivity contribution in [2.75, 3.05) is 25.5 Å². The third-order valence-corrected chi connectivity index (χ3v) is 6.17. The fourth-order valence-corrected chi connectivity index (χ4v) is 4.36. The van der Waals surface area contributed by atoms with Gasteiger partial charge in [-0.05, 0) is 55.2 Å². The number of hydrogen-bond acceptors (Lipinski definition) is 4. The van der Waals surface area contributed by atoms with Crippen molar-refractivity contribution >= 4 is 17.5 Å². The number of methoxy groups -OCH3 is 1. The molecule has 2 heterocycles. The normalized spacial score (nSPS) is 14.3. The Morgan fingerprint density at radius 1 is 1.09 bits per heavy atom. The molecule has 0 bridgehead atoms. The van der Waals surface area contributed by atoms with Crippen LogP contribution in [0.3, 0.4) is 0 Å². The van der Waals surface area contributed by atoms with E-state index in [9.17, 15) is 14.0 Å². The molecule has 1 N–H and O–H groups in total. The van der Waals surface area contributed by atoms with Crippen LogP contribution in [-0.4, -0.2) is 46.7 Å². The molecule has 8 heteroatoms. The first-order chi connectivity index (χ1) is 16.4. The molecule has 2 aromatic carbocycles. The first-order valence-electron chi connectivity index (χ1n) is 11.5. The summed E-state index contributed by atoms with van der Waals surface area (Å²) in [5.41, 5.74) is 2.67. The van der Waals surface area contributed by atoms with E-state index in [0.717, 1.165) is 5.69 Å². The summed E-state index contributed by atoms with van der Waals surface area (Å²) in [7, 11) is 1.57. The zero-order chi connectivity index (χ0) is 24.2. The van der Waals surface area contributed by atoms with Crippen LogP contribution in [0.2, 0.25) is 0 Å². The fourth-order valence-electron chi connectivity index (χ4n) is 4.36. The number of amides is 2. The van der Waals surface area contributed by atoms with Crippen LogP contribution in [0.4, 0.5) is 10.1 Å². The number of likely N-dealkylation sites (tertiary alicyclic amines) is 1. The summed E-state index contributed by atoms with van der Waals surface area (Å²) in [5.74, 6) is -0.0147. The van der Waals surface area contributed by atoms with Gasteiger partial charge in [0.15, 0.2) is 0 Å². The lowest BCUT2D eigenvalue weighted by Gasteiger charge is -2.31. The molecule has 1 aromatic heterocycles. The van der Waals surface area contributed by atoms with E-state index in [0.29, 0.717) is 48.6 Å². The average molecular weight is 465 g/mol. The number of carbonyl (C=O) groups is 2. The third-order valence-electron chi connectivity index (χ3n) is 6.17. The monoisotopic (exact) mass is 464 g/mol. The van der Waals surface area contributed by atoms with E-state index in [2.05, 4.69) is 10.4 Å². The van der Waals surface area contributed by atoms with E-state index in [1.165, 1.54) is 12.1 Å². The summed E-state index contributed by atoms with van der Waals surface area (Å²) in [6.45, 7) is 4.98. The number of halogens is 1. The third kappa shape index (κ3) is 4.81. The van der Waals surface area contributed by atoms with Crippen LogP contribution in [0.25, 0.3) is 5.69 Å². The van der Waals surface area contributed by atoms with Gasteiger partial charge in [-0.25, -0.2) is 9.07 Å². The van der Waals surface area contributed by atoms with Crippen LogP contribution >= 0.6 is 0 Å². The second-order valence-electron chi connectivity index (χ2n) is 8.74. The largest absolute Gasteiger partial charge is 0.495 e. The van der Waals surface area contributed by atoms with Gasteiger partial charge < -0.3 is 15.0 Å². The highest BCUT2D eigenvalue weighted by molar-refractivity contribution is 5.96. The highest BCUT2D eigenvalue weighted by Crippen LogP contribution is 2.28. The lowest BCUT2D eigenvalue weighted by Crippen LogP contribution is -2.41. The van der Waals surface area contributed by atoms with Gasteiger partial charge in [0.2, 0.25) is 5.91 Å². The van der Waals surface area contributed by atoms with Crippen LogP contribution in [0.1, 0.15) is 48.7 Å². The van der Waals surface area contributed by atoms with Crippen molar-refractivity contribution in [1.82, 2.24) is 14.7 Å². The van der Waals surface area contributed by atoms with Gasteiger partial charge in [0.05, 0.1) is 35.9 Å². The first-order valence-corrected chi connectivity index (χ1v) is 11.5. The van der Waals surface area contributed by atoms with Crippen molar-refractivity contribution in [3.05, 3.63) is 71.8 Å². The van der Waals surface area contributed by atoms with Crippen molar-refractivity contribution < 1.29 is 18.7 Å². The van der Waals surface area contributed by atoms with E-state index < -0.39 is 0 Å². The molecule has 3 aromatic rings. The number of hydrogen-bond donors (Lipinski definition) is 1.